The van der Waals surface area contributed by atoms with Crippen LogP contribution in [0, 0.1) is 5.41 Å². The standard InChI is InChI=1S/C29H36N4O4S/c1-21(9-14-26-23(3)27(15-16-29(26,4)5)33-18-17-31-20-33)7-6-8-22(2)19-28(34)32-24-10-12-25(13-11-24)37-38(30,35)36/h6-14,17-20,27H,15-16H2,1-5H3,(H,32,34)(H2,30,35,36). The van der Waals surface area contributed by atoms with Gasteiger partial charge in [-0.1, -0.05) is 49.8 Å². The second-order valence-corrected chi connectivity index (χ2v) is 11.3. The van der Waals surface area contributed by atoms with E-state index in [1.807, 2.05) is 43.9 Å². The van der Waals surface area contributed by atoms with E-state index in [9.17, 15) is 13.2 Å². The number of nitrogens with one attached hydrogen (secondary N) is 1. The summed E-state index contributed by atoms with van der Waals surface area (Å²) >= 11 is 0. The summed E-state index contributed by atoms with van der Waals surface area (Å²) in [4.78, 5) is 16.5. The number of hydrogen-bond donors (Lipinski definition) is 2. The predicted molar refractivity (Wildman–Crippen MR) is 152 cm³/mol. The summed E-state index contributed by atoms with van der Waals surface area (Å²) in [6.45, 7) is 10.7. The van der Waals surface area contributed by atoms with Crippen molar-refractivity contribution in [3.05, 3.63) is 102 Å². The minimum Gasteiger partial charge on any atom is -0.371 e. The van der Waals surface area contributed by atoms with Gasteiger partial charge < -0.3 is 14.1 Å². The maximum atomic E-state index is 12.3. The van der Waals surface area contributed by atoms with Crippen LogP contribution in [0.3, 0.4) is 0 Å². The van der Waals surface area contributed by atoms with Crippen LogP contribution in [0.25, 0.3) is 0 Å². The van der Waals surface area contributed by atoms with Crippen LogP contribution in [0.15, 0.2) is 102 Å². The van der Waals surface area contributed by atoms with Gasteiger partial charge in [0.05, 0.1) is 12.4 Å². The van der Waals surface area contributed by atoms with Gasteiger partial charge in [0.15, 0.2) is 0 Å². The zero-order valence-corrected chi connectivity index (χ0v) is 23.3. The Kier molecular flexibility index (Phi) is 9.30. The highest BCUT2D eigenvalue weighted by atomic mass is 32.2. The van der Waals surface area contributed by atoms with E-state index in [2.05, 4.69) is 58.9 Å². The minimum absolute atomic E-state index is 0.0629. The van der Waals surface area contributed by atoms with E-state index in [4.69, 9.17) is 5.14 Å². The topological polar surface area (TPSA) is 116 Å². The molecule has 8 nitrogen and oxygen atoms in total. The molecule has 0 fully saturated rings. The summed E-state index contributed by atoms with van der Waals surface area (Å²) in [5, 5.41) is 7.56. The Bertz CT molecular complexity index is 1390. The lowest BCUT2D eigenvalue weighted by Crippen LogP contribution is -2.25. The highest BCUT2D eigenvalue weighted by Gasteiger charge is 2.32. The summed E-state index contributed by atoms with van der Waals surface area (Å²) in [6.07, 6.45) is 19.6. The maximum Gasteiger partial charge on any atom is 0.380 e. The molecule has 0 saturated heterocycles. The number of rotatable bonds is 9. The highest BCUT2D eigenvalue weighted by molar-refractivity contribution is 7.84. The van der Waals surface area contributed by atoms with Gasteiger partial charge in [0.1, 0.15) is 5.75 Å². The maximum absolute atomic E-state index is 12.3. The summed E-state index contributed by atoms with van der Waals surface area (Å²) in [6, 6.07) is 6.20. The van der Waals surface area contributed by atoms with Crippen LogP contribution in [0.1, 0.15) is 53.5 Å². The zero-order chi connectivity index (χ0) is 27.9. The first-order chi connectivity index (χ1) is 17.8. The molecule has 3 N–H and O–H groups in total. The fraction of sp³-hybridized carbons (Fsp3) is 0.310. The van der Waals surface area contributed by atoms with E-state index in [0.717, 1.165) is 24.0 Å². The number of carbonyl (C=O) groups is 1. The molecule has 1 atom stereocenters. The van der Waals surface area contributed by atoms with E-state index >= 15 is 0 Å². The lowest BCUT2D eigenvalue weighted by molar-refractivity contribution is -0.111. The van der Waals surface area contributed by atoms with Crippen molar-refractivity contribution in [3.8, 4) is 5.75 Å². The average molecular weight is 537 g/mol. The molecule has 0 bridgehead atoms. The fourth-order valence-corrected chi connectivity index (χ4v) is 4.91. The van der Waals surface area contributed by atoms with Gasteiger partial charge in [-0.3, -0.25) is 4.79 Å². The molecule has 9 heteroatoms. The van der Waals surface area contributed by atoms with Gasteiger partial charge in [0.25, 0.3) is 0 Å². The number of imidazole rings is 1. The molecule has 0 aliphatic heterocycles. The second kappa shape index (κ2) is 12.2. The quantitative estimate of drug-likeness (QED) is 0.311. The minimum atomic E-state index is -4.09. The number of aromatic nitrogens is 2. The Hall–Kier alpha value is -3.69. The summed E-state index contributed by atoms with van der Waals surface area (Å²) < 4.78 is 28.7. The van der Waals surface area contributed by atoms with Gasteiger partial charge in [-0.15, -0.1) is 0 Å². The molecule has 1 aliphatic rings. The number of allylic oxidation sites excluding steroid dienone is 9. The third kappa shape index (κ3) is 8.43. The largest absolute Gasteiger partial charge is 0.380 e. The molecule has 0 spiro atoms. The summed E-state index contributed by atoms with van der Waals surface area (Å²) in [7, 11) is -4.09. The Morgan fingerprint density at radius 1 is 1.18 bits per heavy atom. The van der Waals surface area contributed by atoms with E-state index in [1.54, 1.807) is 0 Å². The number of carbonyl (C=O) groups excluding carboxylic acids is 1. The van der Waals surface area contributed by atoms with E-state index in [-0.39, 0.29) is 17.1 Å². The summed E-state index contributed by atoms with van der Waals surface area (Å²) in [5.74, 6) is -0.241. The van der Waals surface area contributed by atoms with Crippen LogP contribution in [-0.4, -0.2) is 23.9 Å². The van der Waals surface area contributed by atoms with Crippen molar-refractivity contribution in [2.24, 2.45) is 10.6 Å². The smallest absolute Gasteiger partial charge is 0.371 e. The van der Waals surface area contributed by atoms with E-state index in [1.165, 1.54) is 41.5 Å². The lowest BCUT2D eigenvalue weighted by Gasteiger charge is -2.37. The SMILES string of the molecule is CC(C=CC1=C(C)C(n2ccnc2)CCC1(C)C)=CC=CC(C)=CC(=O)Nc1ccc(OS(N)(=O)=O)cc1. The molecule has 1 heterocycles. The first kappa shape index (κ1) is 28.9. The Labute approximate surface area is 225 Å². The second-order valence-electron chi connectivity index (χ2n) is 10.1. The van der Waals surface area contributed by atoms with Crippen LogP contribution >= 0.6 is 0 Å². The molecular weight excluding hydrogens is 500 g/mol. The monoisotopic (exact) mass is 536 g/mol. The van der Waals surface area contributed by atoms with Crippen molar-refractivity contribution in [2.45, 2.75) is 53.5 Å². The Morgan fingerprint density at radius 3 is 2.53 bits per heavy atom. The molecule has 3 rings (SSSR count). The van der Waals surface area contributed by atoms with E-state index < -0.39 is 10.3 Å². The van der Waals surface area contributed by atoms with Crippen LogP contribution in [-0.2, 0) is 15.1 Å². The molecule has 202 valence electrons. The van der Waals surface area contributed by atoms with Gasteiger partial charge in [-0.2, -0.15) is 13.6 Å². The Balaban J connectivity index is 1.61. The molecule has 2 aromatic rings. The van der Waals surface area contributed by atoms with Gasteiger partial charge in [0, 0.05) is 24.2 Å². The van der Waals surface area contributed by atoms with Crippen molar-refractivity contribution >= 4 is 21.9 Å². The van der Waals surface area contributed by atoms with Crippen LogP contribution in [0.5, 0.6) is 5.75 Å². The van der Waals surface area contributed by atoms with Gasteiger partial charge in [0.2, 0.25) is 5.91 Å². The number of nitrogens with two attached hydrogens (primary N) is 1. The van der Waals surface area contributed by atoms with Crippen LogP contribution in [0.2, 0.25) is 0 Å². The number of hydrogen-bond acceptors (Lipinski definition) is 5. The summed E-state index contributed by atoms with van der Waals surface area (Å²) in [5.41, 5.74) is 5.21. The normalized spacial score (nSPS) is 18.8. The first-order valence-corrected chi connectivity index (χ1v) is 13.8. The molecule has 1 aromatic carbocycles. The zero-order valence-electron chi connectivity index (χ0n) is 22.5. The predicted octanol–water partition coefficient (Wildman–Crippen LogP) is 5.79. The number of nitrogens with zero attached hydrogens (tertiary/aromatic N) is 2. The Morgan fingerprint density at radius 2 is 1.89 bits per heavy atom. The van der Waals surface area contributed by atoms with Gasteiger partial charge >= 0.3 is 10.3 Å². The molecule has 1 aliphatic carbocycles. The van der Waals surface area contributed by atoms with E-state index in [0.29, 0.717) is 11.7 Å². The molecule has 0 radical (unpaired) electrons. The molecular formula is C29H36N4O4S. The van der Waals surface area contributed by atoms with Crippen molar-refractivity contribution in [3.63, 3.8) is 0 Å². The highest BCUT2D eigenvalue weighted by Crippen LogP contribution is 2.45. The van der Waals surface area contributed by atoms with Gasteiger partial charge in [-0.05, 0) is 80.0 Å². The number of benzene rings is 1. The fourth-order valence-electron chi connectivity index (χ4n) is 4.53. The van der Waals surface area contributed by atoms with Crippen molar-refractivity contribution in [2.75, 3.05) is 5.32 Å². The molecule has 1 amide bonds. The molecule has 0 saturated carbocycles. The third-order valence-electron chi connectivity index (χ3n) is 6.51. The van der Waals surface area contributed by atoms with Gasteiger partial charge in [-0.25, -0.2) is 4.98 Å². The average Bonchev–Trinajstić information content (AvgIpc) is 3.33. The third-order valence-corrected chi connectivity index (χ3v) is 6.93. The van der Waals surface area contributed by atoms with Crippen LogP contribution in [0.4, 0.5) is 5.69 Å². The lowest BCUT2D eigenvalue weighted by atomic mass is 9.71. The number of anilines is 1. The molecule has 1 aromatic heterocycles. The van der Waals surface area contributed by atoms with Crippen molar-refractivity contribution in [1.29, 1.82) is 0 Å². The first-order valence-electron chi connectivity index (χ1n) is 12.4. The molecule has 38 heavy (non-hydrogen) atoms. The van der Waals surface area contributed by atoms with Crippen LogP contribution < -0.4 is 14.6 Å². The van der Waals surface area contributed by atoms with Crippen molar-refractivity contribution < 1.29 is 17.4 Å². The van der Waals surface area contributed by atoms with Crippen molar-refractivity contribution in [1.82, 2.24) is 9.55 Å². The molecule has 1 unspecified atom stereocenters. The number of amides is 1.